The van der Waals surface area contributed by atoms with Crippen molar-refractivity contribution in [2.45, 2.75) is 44.9 Å². The highest BCUT2D eigenvalue weighted by molar-refractivity contribution is 5.77. The van der Waals surface area contributed by atoms with Gasteiger partial charge in [0.1, 0.15) is 5.67 Å². The minimum Gasteiger partial charge on any atom is -0.379 e. The predicted molar refractivity (Wildman–Crippen MR) is 108 cm³/mol. The van der Waals surface area contributed by atoms with E-state index in [1.807, 2.05) is 6.08 Å². The van der Waals surface area contributed by atoms with Crippen LogP contribution in [0.2, 0.25) is 0 Å². The molecular formula is C22H27FN4. The first-order chi connectivity index (χ1) is 12.8. The number of anilines is 1. The third kappa shape index (κ3) is 3.12. The fourth-order valence-corrected chi connectivity index (χ4v) is 4.01. The number of fused-ring (bicyclic) bond motifs is 1. The minimum atomic E-state index is -1.50. The molecule has 1 aromatic carbocycles. The zero-order chi connectivity index (χ0) is 19.2. The molecule has 2 heterocycles. The Bertz CT molecular complexity index is 860. The van der Waals surface area contributed by atoms with Crippen LogP contribution in [0.5, 0.6) is 0 Å². The van der Waals surface area contributed by atoms with Crippen LogP contribution in [0.1, 0.15) is 43.4 Å². The second-order valence-electron chi connectivity index (χ2n) is 8.57. The largest absolute Gasteiger partial charge is 0.379 e. The zero-order valence-electron chi connectivity index (χ0n) is 16.3. The van der Waals surface area contributed by atoms with Gasteiger partial charge in [0, 0.05) is 44.4 Å². The smallest absolute Gasteiger partial charge is 0.130 e. The van der Waals surface area contributed by atoms with Gasteiger partial charge in [-0.25, -0.2) is 4.39 Å². The van der Waals surface area contributed by atoms with Gasteiger partial charge in [0.15, 0.2) is 0 Å². The molecule has 2 aliphatic heterocycles. The Morgan fingerprint density at radius 1 is 1.33 bits per heavy atom. The SMILES string of the molecule is CN1C=Cc2cc(C3=CCC(C)(F)C(C)(C#N)C3)cc(NC3CNC3)c2C1. The Morgan fingerprint density at radius 2 is 2.11 bits per heavy atom. The molecule has 0 amide bonds. The van der Waals surface area contributed by atoms with Crippen LogP contribution in [-0.4, -0.2) is 36.7 Å². The summed E-state index contributed by atoms with van der Waals surface area (Å²) in [5.41, 5.74) is 3.31. The molecule has 4 rings (SSSR count). The Balaban J connectivity index is 1.74. The normalized spacial score (nSPS) is 30.2. The summed E-state index contributed by atoms with van der Waals surface area (Å²) in [4.78, 5) is 2.17. The van der Waals surface area contributed by atoms with Crippen molar-refractivity contribution in [2.75, 3.05) is 25.5 Å². The molecule has 1 aromatic rings. The molecule has 0 spiro atoms. The van der Waals surface area contributed by atoms with E-state index >= 15 is 0 Å². The first-order valence-electron chi connectivity index (χ1n) is 9.63. The number of hydrogen-bond acceptors (Lipinski definition) is 4. The lowest BCUT2D eigenvalue weighted by atomic mass is 9.66. The molecule has 3 aliphatic rings. The van der Waals surface area contributed by atoms with E-state index in [1.54, 1.807) is 13.8 Å². The number of allylic oxidation sites excluding steroid dienone is 2. The Hall–Kier alpha value is -2.32. The van der Waals surface area contributed by atoms with Crippen LogP contribution in [0, 0.1) is 16.7 Å². The maximum absolute atomic E-state index is 14.9. The minimum absolute atomic E-state index is 0.275. The van der Waals surface area contributed by atoms with Crippen molar-refractivity contribution in [2.24, 2.45) is 5.41 Å². The number of benzene rings is 1. The molecule has 1 fully saturated rings. The topological polar surface area (TPSA) is 51.1 Å². The van der Waals surface area contributed by atoms with Gasteiger partial charge in [0.2, 0.25) is 0 Å². The van der Waals surface area contributed by atoms with E-state index in [2.05, 4.69) is 53.1 Å². The molecule has 142 valence electrons. The molecule has 2 N–H and O–H groups in total. The highest BCUT2D eigenvalue weighted by Crippen LogP contribution is 2.49. The summed E-state index contributed by atoms with van der Waals surface area (Å²) in [5.74, 6) is 0. The van der Waals surface area contributed by atoms with E-state index in [0.717, 1.165) is 36.5 Å². The van der Waals surface area contributed by atoms with Crippen LogP contribution < -0.4 is 10.6 Å². The van der Waals surface area contributed by atoms with Gasteiger partial charge >= 0.3 is 0 Å². The fourth-order valence-electron chi connectivity index (χ4n) is 4.01. The molecule has 0 bridgehead atoms. The lowest BCUT2D eigenvalue weighted by Gasteiger charge is -2.39. The van der Waals surface area contributed by atoms with Crippen molar-refractivity contribution in [1.29, 1.82) is 5.26 Å². The molecule has 0 aromatic heterocycles. The monoisotopic (exact) mass is 366 g/mol. The third-order valence-corrected chi connectivity index (χ3v) is 6.39. The zero-order valence-corrected chi connectivity index (χ0v) is 16.3. The van der Waals surface area contributed by atoms with Crippen LogP contribution in [0.25, 0.3) is 11.6 Å². The fraction of sp³-hybridized carbons (Fsp3) is 0.500. The van der Waals surface area contributed by atoms with Crippen molar-refractivity contribution in [3.8, 4) is 6.07 Å². The maximum Gasteiger partial charge on any atom is 0.130 e. The summed E-state index contributed by atoms with van der Waals surface area (Å²) >= 11 is 0. The van der Waals surface area contributed by atoms with Crippen LogP contribution >= 0.6 is 0 Å². The standard InChI is InChI=1S/C22H27FN4/c1-21(14-24)10-16(4-6-22(21,2)23)17-8-15-5-7-27(3)13-19(15)20(9-17)26-18-11-25-12-18/h4-5,7-9,18,25-26H,6,10-13H2,1-3H3. The van der Waals surface area contributed by atoms with Crippen molar-refractivity contribution in [1.82, 2.24) is 10.2 Å². The summed E-state index contributed by atoms with van der Waals surface area (Å²) in [6.07, 6.45) is 6.92. The van der Waals surface area contributed by atoms with Gasteiger partial charge in [-0.1, -0.05) is 6.08 Å². The Labute approximate surface area is 160 Å². The second-order valence-corrected chi connectivity index (χ2v) is 8.57. The van der Waals surface area contributed by atoms with Crippen LogP contribution in [0.3, 0.4) is 0 Å². The molecular weight excluding hydrogens is 339 g/mol. The van der Waals surface area contributed by atoms with Crippen molar-refractivity contribution in [3.05, 3.63) is 41.1 Å². The average Bonchev–Trinajstić information content (AvgIpc) is 2.60. The quantitative estimate of drug-likeness (QED) is 0.851. The Kier molecular flexibility index (Phi) is 4.27. The lowest BCUT2D eigenvalue weighted by Crippen LogP contribution is -2.51. The average molecular weight is 366 g/mol. The molecule has 1 saturated heterocycles. The van der Waals surface area contributed by atoms with E-state index in [9.17, 15) is 9.65 Å². The first-order valence-corrected chi connectivity index (χ1v) is 9.63. The van der Waals surface area contributed by atoms with E-state index < -0.39 is 11.1 Å². The molecule has 4 nitrogen and oxygen atoms in total. The van der Waals surface area contributed by atoms with Crippen LogP contribution in [0.4, 0.5) is 10.1 Å². The van der Waals surface area contributed by atoms with Gasteiger partial charge in [-0.2, -0.15) is 5.26 Å². The molecule has 27 heavy (non-hydrogen) atoms. The van der Waals surface area contributed by atoms with E-state index in [-0.39, 0.29) is 6.42 Å². The molecule has 1 aliphatic carbocycles. The Morgan fingerprint density at radius 3 is 2.78 bits per heavy atom. The third-order valence-electron chi connectivity index (χ3n) is 6.39. The van der Waals surface area contributed by atoms with Gasteiger partial charge in [-0.3, -0.25) is 0 Å². The maximum atomic E-state index is 14.9. The lowest BCUT2D eigenvalue weighted by molar-refractivity contribution is 0.0635. The molecule has 0 saturated carbocycles. The number of nitrogens with zero attached hydrogens (tertiary/aromatic N) is 2. The summed E-state index contributed by atoms with van der Waals surface area (Å²) in [7, 11) is 2.08. The number of halogens is 1. The summed E-state index contributed by atoms with van der Waals surface area (Å²) in [5, 5.41) is 16.6. The molecule has 2 atom stereocenters. The van der Waals surface area contributed by atoms with Gasteiger partial charge in [-0.15, -0.1) is 0 Å². The molecule has 0 radical (unpaired) electrons. The number of hydrogen-bond donors (Lipinski definition) is 2. The number of nitriles is 1. The highest BCUT2D eigenvalue weighted by Gasteiger charge is 2.48. The second kappa shape index (κ2) is 6.38. The molecule has 2 unspecified atom stereocenters. The number of nitrogens with one attached hydrogen (secondary N) is 2. The molecule has 5 heteroatoms. The van der Waals surface area contributed by atoms with Crippen LogP contribution in [-0.2, 0) is 6.54 Å². The van der Waals surface area contributed by atoms with Crippen molar-refractivity contribution >= 4 is 17.3 Å². The van der Waals surface area contributed by atoms with E-state index in [0.29, 0.717) is 12.5 Å². The van der Waals surface area contributed by atoms with E-state index in [1.165, 1.54) is 11.1 Å². The highest BCUT2D eigenvalue weighted by atomic mass is 19.1. The van der Waals surface area contributed by atoms with Gasteiger partial charge in [-0.05, 0) is 61.4 Å². The number of rotatable bonds is 3. The van der Waals surface area contributed by atoms with Crippen LogP contribution in [0.15, 0.2) is 24.4 Å². The van der Waals surface area contributed by atoms with E-state index in [4.69, 9.17) is 0 Å². The van der Waals surface area contributed by atoms with Crippen molar-refractivity contribution in [3.63, 3.8) is 0 Å². The predicted octanol–water partition coefficient (Wildman–Crippen LogP) is 3.92. The first kappa shape index (κ1) is 18.1. The van der Waals surface area contributed by atoms with Gasteiger partial charge < -0.3 is 15.5 Å². The van der Waals surface area contributed by atoms with Crippen molar-refractivity contribution < 1.29 is 4.39 Å². The summed E-state index contributed by atoms with van der Waals surface area (Å²) < 4.78 is 14.9. The van der Waals surface area contributed by atoms with Gasteiger partial charge in [0.25, 0.3) is 0 Å². The van der Waals surface area contributed by atoms with Gasteiger partial charge in [0.05, 0.1) is 17.5 Å². The summed E-state index contributed by atoms with van der Waals surface area (Å²) in [6.45, 7) is 6.10. The summed E-state index contributed by atoms with van der Waals surface area (Å²) in [6, 6.07) is 7.06. The number of alkyl halides is 1.